The van der Waals surface area contributed by atoms with E-state index in [9.17, 15) is 0 Å². The van der Waals surface area contributed by atoms with Crippen molar-refractivity contribution in [2.75, 3.05) is 0 Å². The Labute approximate surface area is 292 Å². The van der Waals surface area contributed by atoms with E-state index in [0.717, 1.165) is 17.8 Å². The Morgan fingerprint density at radius 2 is 0.477 bits per heavy atom. The van der Waals surface area contributed by atoms with Gasteiger partial charge in [0.05, 0.1) is 0 Å². The van der Waals surface area contributed by atoms with Crippen molar-refractivity contribution in [1.29, 1.82) is 0 Å². The van der Waals surface area contributed by atoms with E-state index in [2.05, 4.69) is 62.3 Å². The van der Waals surface area contributed by atoms with Gasteiger partial charge >= 0.3 is 0 Å². The van der Waals surface area contributed by atoms with Crippen LogP contribution in [0.5, 0.6) is 0 Å². The molecule has 0 spiro atoms. The predicted molar refractivity (Wildman–Crippen MR) is 213 cm³/mol. The van der Waals surface area contributed by atoms with Gasteiger partial charge in [-0.1, -0.05) is 248 Å². The molecule has 0 radical (unpaired) electrons. The highest BCUT2D eigenvalue weighted by atomic mass is 27.2. The third-order valence-electron chi connectivity index (χ3n) is 10.1. The highest BCUT2D eigenvalue weighted by Crippen LogP contribution is 2.22. The average Bonchev–Trinajstić information content (AvgIpc) is 2.97. The lowest BCUT2D eigenvalue weighted by Crippen LogP contribution is -2.13. The van der Waals surface area contributed by atoms with Gasteiger partial charge in [0.1, 0.15) is 0 Å². The fourth-order valence-corrected chi connectivity index (χ4v) is 13.7. The number of hydrogen-bond donors (Lipinski definition) is 0. The fraction of sp³-hybridized carbons (Fsp3) is 1.00. The quantitative estimate of drug-likeness (QED) is 0.0491. The molecule has 0 bridgehead atoms. The normalized spacial score (nSPS) is 11.5. The zero-order chi connectivity index (χ0) is 33.1. The first-order valence-electron chi connectivity index (χ1n) is 21.3. The van der Waals surface area contributed by atoms with Gasteiger partial charge in [-0.3, -0.25) is 0 Å². The minimum atomic E-state index is -0.410. The van der Waals surface area contributed by atoms with Crippen LogP contribution >= 0.6 is 0 Å². The lowest BCUT2D eigenvalue weighted by molar-refractivity contribution is 0.558. The number of hydrogen-bond acceptors (Lipinski definition) is 0. The zero-order valence-corrected chi connectivity index (χ0v) is 35.4. The van der Waals surface area contributed by atoms with E-state index in [-0.39, 0.29) is 0 Å². The molecule has 0 unspecified atom stereocenters. The molecule has 0 N–H and O–H groups in total. The van der Waals surface area contributed by atoms with Crippen molar-refractivity contribution in [3.63, 3.8) is 0 Å². The Morgan fingerprint density at radius 1 is 0.273 bits per heavy atom. The van der Waals surface area contributed by atoms with Crippen LogP contribution in [0, 0.1) is 17.8 Å². The van der Waals surface area contributed by atoms with Crippen LogP contribution in [0.3, 0.4) is 0 Å². The van der Waals surface area contributed by atoms with Crippen molar-refractivity contribution in [3.05, 3.63) is 0 Å². The van der Waals surface area contributed by atoms with Crippen molar-refractivity contribution in [2.45, 2.75) is 248 Å². The Hall–Kier alpha value is 1.06. The second-order valence-corrected chi connectivity index (χ2v) is 23.3. The number of unbranched alkanes of at least 4 members (excludes halogenated alkanes) is 15. The summed E-state index contributed by atoms with van der Waals surface area (Å²) in [4.78, 5) is 0. The van der Waals surface area contributed by atoms with Crippen LogP contribution in [0.1, 0.15) is 216 Å². The fourth-order valence-electron chi connectivity index (χ4n) is 6.95. The molecule has 0 atom stereocenters. The minimum absolute atomic E-state index is 0.410. The first kappa shape index (κ1) is 47.2. The van der Waals surface area contributed by atoms with Crippen LogP contribution in [0.25, 0.3) is 0 Å². The highest BCUT2D eigenvalue weighted by molar-refractivity contribution is 6.59. The van der Waals surface area contributed by atoms with Crippen molar-refractivity contribution in [3.8, 4) is 0 Å². The predicted octanol–water partition coefficient (Wildman–Crippen LogP) is 16.4. The SMILES string of the molecule is CC(C)CC[CH2][Al]([CH2]CCC(C)C)[CH2]CCC(C)C.CCCCCCC[CH2][Al]([CH2]CCCCCCC)[CH2]CCCCCCC. The standard InChI is InChI=1S/3C8H17.3C6H13.2Al/c3*1-3-5-7-8-6-4-2;3*1-4-5-6(2)3;;/h3*1,3-8H2,2H3;3*6H,1,4-5H2,2-3H3;;. The first-order valence-corrected chi connectivity index (χ1v) is 26.2. The van der Waals surface area contributed by atoms with E-state index in [4.69, 9.17) is 0 Å². The zero-order valence-electron chi connectivity index (χ0n) is 33.1. The van der Waals surface area contributed by atoms with E-state index in [1.54, 1.807) is 51.0 Å². The minimum Gasteiger partial charge on any atom is -0.0939 e. The molecule has 0 nitrogen and oxygen atoms in total. The van der Waals surface area contributed by atoms with Crippen LogP contribution in [-0.2, 0) is 0 Å². The maximum Gasteiger partial charge on any atom is 0.261 e. The summed E-state index contributed by atoms with van der Waals surface area (Å²) >= 11 is -0.821. The molecule has 0 aromatic carbocycles. The van der Waals surface area contributed by atoms with Gasteiger partial charge in [0.2, 0.25) is 0 Å². The van der Waals surface area contributed by atoms with Gasteiger partial charge in [0.15, 0.2) is 0 Å². The third-order valence-corrected chi connectivity index (χ3v) is 17.4. The average molecular weight is 649 g/mol. The van der Waals surface area contributed by atoms with Gasteiger partial charge in [0, 0.05) is 0 Å². The van der Waals surface area contributed by atoms with Crippen molar-refractivity contribution in [1.82, 2.24) is 0 Å². The van der Waals surface area contributed by atoms with Crippen LogP contribution < -0.4 is 0 Å². The van der Waals surface area contributed by atoms with Crippen LogP contribution in [0.15, 0.2) is 0 Å². The topological polar surface area (TPSA) is 0 Å². The molecule has 0 fully saturated rings. The molecule has 0 aliphatic heterocycles. The Bertz CT molecular complexity index is 429. The monoisotopic (exact) mass is 649 g/mol. The van der Waals surface area contributed by atoms with Gasteiger partial charge < -0.3 is 0 Å². The van der Waals surface area contributed by atoms with E-state index in [1.807, 2.05) is 0 Å². The second-order valence-electron chi connectivity index (χ2n) is 16.4. The summed E-state index contributed by atoms with van der Waals surface area (Å²) in [5.41, 5.74) is 0. The molecule has 264 valence electrons. The highest BCUT2D eigenvalue weighted by Gasteiger charge is 2.17. The van der Waals surface area contributed by atoms with Gasteiger partial charge in [-0.25, -0.2) is 0 Å². The molecule has 2 heteroatoms. The van der Waals surface area contributed by atoms with Crippen LogP contribution in [0.4, 0.5) is 0 Å². The summed E-state index contributed by atoms with van der Waals surface area (Å²) < 4.78 is 0. The molecular weight excluding hydrogens is 558 g/mol. The summed E-state index contributed by atoms with van der Waals surface area (Å²) in [5, 5.41) is 9.85. The molecule has 0 heterocycles. The lowest BCUT2D eigenvalue weighted by Gasteiger charge is -2.14. The van der Waals surface area contributed by atoms with Crippen molar-refractivity contribution < 1.29 is 0 Å². The van der Waals surface area contributed by atoms with Crippen molar-refractivity contribution in [2.24, 2.45) is 17.8 Å². The summed E-state index contributed by atoms with van der Waals surface area (Å²) in [5.74, 6) is 2.71. The van der Waals surface area contributed by atoms with Gasteiger partial charge in [-0.2, -0.15) is 0 Å². The number of rotatable bonds is 33. The summed E-state index contributed by atoms with van der Waals surface area (Å²) in [6, 6.07) is 0. The smallest absolute Gasteiger partial charge is 0.0939 e. The third kappa shape index (κ3) is 41.1. The molecule has 0 rings (SSSR count). The van der Waals surface area contributed by atoms with Crippen LogP contribution in [0.2, 0.25) is 31.7 Å². The molecule has 0 aromatic rings. The van der Waals surface area contributed by atoms with E-state index in [1.165, 1.54) is 135 Å². The second kappa shape index (κ2) is 38.5. The summed E-state index contributed by atoms with van der Waals surface area (Å²) in [7, 11) is 0. The molecule has 44 heavy (non-hydrogen) atoms. The van der Waals surface area contributed by atoms with E-state index in [0.29, 0.717) is 0 Å². The molecule has 0 saturated carbocycles. The molecule has 0 aliphatic rings. The Balaban J connectivity index is 0. The molecular formula is C42H90Al2. The molecule has 0 aliphatic carbocycles. The van der Waals surface area contributed by atoms with Gasteiger partial charge in [-0.05, 0) is 17.8 Å². The lowest BCUT2D eigenvalue weighted by atomic mass is 10.1. The van der Waals surface area contributed by atoms with Crippen LogP contribution in [-0.4, -0.2) is 28.3 Å². The van der Waals surface area contributed by atoms with Gasteiger partial charge in [-0.15, -0.1) is 0 Å². The maximum absolute atomic E-state index is 2.37. The molecule has 0 aromatic heterocycles. The Morgan fingerprint density at radius 3 is 0.705 bits per heavy atom. The maximum atomic E-state index is 2.37. The first-order chi connectivity index (χ1) is 21.3. The Kier molecular flexibility index (Phi) is 41.3. The molecule has 0 amide bonds. The van der Waals surface area contributed by atoms with Crippen molar-refractivity contribution >= 4 is 28.3 Å². The summed E-state index contributed by atoms with van der Waals surface area (Å²) in [6.45, 7) is 21.2. The van der Waals surface area contributed by atoms with E-state index >= 15 is 0 Å². The molecule has 0 saturated heterocycles. The van der Waals surface area contributed by atoms with Gasteiger partial charge in [0.25, 0.3) is 28.3 Å². The largest absolute Gasteiger partial charge is 0.261 e. The summed E-state index contributed by atoms with van der Waals surface area (Å²) in [6.07, 6.45) is 35.6. The van der Waals surface area contributed by atoms with E-state index < -0.39 is 28.3 Å².